The molecule has 0 saturated carbocycles. The molecule has 0 spiro atoms. The van der Waals surface area contributed by atoms with Gasteiger partial charge in [0.15, 0.2) is 0 Å². The van der Waals surface area contributed by atoms with Crippen molar-refractivity contribution in [3.63, 3.8) is 0 Å². The monoisotopic (exact) mass is 344 g/mol. The van der Waals surface area contributed by atoms with E-state index in [2.05, 4.69) is 29.1 Å². The topological polar surface area (TPSA) is 58.1 Å². The van der Waals surface area contributed by atoms with Crippen molar-refractivity contribution in [1.29, 1.82) is 0 Å². The summed E-state index contributed by atoms with van der Waals surface area (Å²) in [6.07, 6.45) is 4.91. The number of benzene rings is 1. The normalized spacial score (nSPS) is 15.8. The van der Waals surface area contributed by atoms with Gasteiger partial charge in [0.05, 0.1) is 10.9 Å². The molecule has 0 bridgehead atoms. The van der Waals surface area contributed by atoms with Crippen molar-refractivity contribution in [2.45, 2.75) is 45.6 Å². The van der Waals surface area contributed by atoms with Crippen molar-refractivity contribution in [2.24, 2.45) is 5.92 Å². The fourth-order valence-corrected chi connectivity index (χ4v) is 3.51. The summed E-state index contributed by atoms with van der Waals surface area (Å²) >= 11 is 0. The van der Waals surface area contributed by atoms with E-state index >= 15 is 0 Å². The number of nitrogens with one attached hydrogen (secondary N) is 1. The van der Waals surface area contributed by atoms with Gasteiger partial charge in [-0.15, -0.1) is 0 Å². The second kappa shape index (κ2) is 7.76. The Morgan fingerprint density at radius 3 is 2.68 bits per heavy atom. The van der Waals surface area contributed by atoms with E-state index in [1.165, 1.54) is 12.4 Å². The molecule has 2 aromatic rings. The Morgan fingerprint density at radius 1 is 1.28 bits per heavy atom. The molecule has 1 aliphatic rings. The first-order chi connectivity index (χ1) is 12.1. The molecule has 0 unspecified atom stereocenters. The summed E-state index contributed by atoms with van der Waals surface area (Å²) in [5.74, 6) is 0.612. The molecule has 2 heterocycles. The number of amides is 1. The summed E-state index contributed by atoms with van der Waals surface area (Å²) < 4.78 is 14.2. The van der Waals surface area contributed by atoms with Crippen LogP contribution in [0.4, 0.5) is 10.2 Å². The van der Waals surface area contributed by atoms with E-state index in [0.29, 0.717) is 16.7 Å². The molecule has 1 N–H and O–H groups in total. The van der Waals surface area contributed by atoms with Gasteiger partial charge in [-0.25, -0.2) is 14.4 Å². The maximum Gasteiger partial charge on any atom is 0.225 e. The first-order valence-electron chi connectivity index (χ1n) is 9.08. The molecule has 134 valence electrons. The third-order valence-electron chi connectivity index (χ3n) is 5.09. The highest BCUT2D eigenvalue weighted by Gasteiger charge is 2.27. The average molecular weight is 344 g/mol. The molecular formula is C19H25FN4O. The molecule has 1 aliphatic heterocycles. The second-order valence-electron chi connectivity index (χ2n) is 6.61. The highest BCUT2D eigenvalue weighted by Crippen LogP contribution is 2.25. The van der Waals surface area contributed by atoms with Crippen LogP contribution in [0.25, 0.3) is 10.9 Å². The molecule has 3 rings (SSSR count). The minimum Gasteiger partial charge on any atom is -0.367 e. The lowest BCUT2D eigenvalue weighted by Gasteiger charge is -2.34. The van der Waals surface area contributed by atoms with Crippen LogP contribution in [-0.2, 0) is 4.79 Å². The summed E-state index contributed by atoms with van der Waals surface area (Å²) in [5, 5.41) is 3.78. The number of rotatable bonds is 5. The zero-order valence-corrected chi connectivity index (χ0v) is 14.8. The predicted molar refractivity (Wildman–Crippen MR) is 96.8 cm³/mol. The average Bonchev–Trinajstić information content (AvgIpc) is 2.63. The van der Waals surface area contributed by atoms with Crippen LogP contribution in [-0.4, -0.2) is 39.9 Å². The number of halogens is 1. The molecule has 0 radical (unpaired) electrons. The van der Waals surface area contributed by atoms with Gasteiger partial charge in [-0.2, -0.15) is 0 Å². The summed E-state index contributed by atoms with van der Waals surface area (Å²) in [5.41, 5.74) is 0.596. The van der Waals surface area contributed by atoms with Gasteiger partial charge < -0.3 is 10.2 Å². The number of likely N-dealkylation sites (tertiary alicyclic amines) is 1. The predicted octanol–water partition coefficient (Wildman–Crippen LogP) is 3.61. The number of piperidine rings is 1. The van der Waals surface area contributed by atoms with Crippen LogP contribution in [0, 0.1) is 11.7 Å². The SMILES string of the molecule is CCC(CC)C(=O)N1CCC(Nc2ncnc3cccc(F)c23)CC1. The van der Waals surface area contributed by atoms with Crippen LogP contribution in [0.1, 0.15) is 39.5 Å². The first kappa shape index (κ1) is 17.6. The highest BCUT2D eigenvalue weighted by molar-refractivity contribution is 5.89. The van der Waals surface area contributed by atoms with Crippen molar-refractivity contribution < 1.29 is 9.18 Å². The minimum absolute atomic E-state index is 0.129. The number of aromatic nitrogens is 2. The summed E-state index contributed by atoms with van der Waals surface area (Å²) in [4.78, 5) is 22.8. The zero-order chi connectivity index (χ0) is 17.8. The Bertz CT molecular complexity index is 734. The standard InChI is InChI=1S/C19H25FN4O/c1-3-13(4-2)19(25)24-10-8-14(9-11-24)23-18-17-15(20)6-5-7-16(17)21-12-22-18/h5-7,12-14H,3-4,8-11H2,1-2H3,(H,21,22,23). The Balaban J connectivity index is 1.66. The molecule has 1 saturated heterocycles. The molecule has 0 atom stereocenters. The van der Waals surface area contributed by atoms with Gasteiger partial charge in [-0.1, -0.05) is 19.9 Å². The summed E-state index contributed by atoms with van der Waals surface area (Å²) in [6, 6.07) is 5.04. The number of nitrogens with zero attached hydrogens (tertiary/aromatic N) is 3. The number of carbonyl (C=O) groups is 1. The minimum atomic E-state index is -0.318. The molecule has 6 heteroatoms. The van der Waals surface area contributed by atoms with Gasteiger partial charge >= 0.3 is 0 Å². The maximum atomic E-state index is 14.2. The van der Waals surface area contributed by atoms with E-state index < -0.39 is 0 Å². The van der Waals surface area contributed by atoms with Gasteiger partial charge in [-0.3, -0.25) is 4.79 Å². The fourth-order valence-electron chi connectivity index (χ4n) is 3.51. The van der Waals surface area contributed by atoms with Crippen LogP contribution in [0.3, 0.4) is 0 Å². The molecule has 25 heavy (non-hydrogen) atoms. The van der Waals surface area contributed by atoms with Gasteiger partial charge in [0.1, 0.15) is 18.0 Å². The molecule has 0 aliphatic carbocycles. The third kappa shape index (κ3) is 3.72. The van der Waals surface area contributed by atoms with Crippen LogP contribution in [0.15, 0.2) is 24.5 Å². The van der Waals surface area contributed by atoms with E-state index in [-0.39, 0.29) is 23.7 Å². The van der Waals surface area contributed by atoms with Gasteiger partial charge in [0.2, 0.25) is 5.91 Å². The van der Waals surface area contributed by atoms with E-state index in [9.17, 15) is 9.18 Å². The number of anilines is 1. The first-order valence-corrected chi connectivity index (χ1v) is 9.08. The van der Waals surface area contributed by atoms with Crippen molar-refractivity contribution in [2.75, 3.05) is 18.4 Å². The van der Waals surface area contributed by atoms with E-state index in [0.717, 1.165) is 38.8 Å². The van der Waals surface area contributed by atoms with E-state index in [1.807, 2.05) is 4.90 Å². The van der Waals surface area contributed by atoms with E-state index in [1.54, 1.807) is 12.1 Å². The lowest BCUT2D eigenvalue weighted by Crippen LogP contribution is -2.44. The van der Waals surface area contributed by atoms with Gasteiger partial charge in [0, 0.05) is 25.0 Å². The van der Waals surface area contributed by atoms with Crippen molar-refractivity contribution in [3.05, 3.63) is 30.3 Å². The lowest BCUT2D eigenvalue weighted by molar-refractivity contribution is -0.136. The zero-order valence-electron chi connectivity index (χ0n) is 14.8. The van der Waals surface area contributed by atoms with Crippen LogP contribution < -0.4 is 5.32 Å². The molecular weight excluding hydrogens is 319 g/mol. The van der Waals surface area contributed by atoms with Crippen molar-refractivity contribution >= 4 is 22.6 Å². The molecule has 1 aromatic heterocycles. The van der Waals surface area contributed by atoms with Gasteiger partial charge in [0.25, 0.3) is 0 Å². The Labute approximate surface area is 147 Å². The van der Waals surface area contributed by atoms with Crippen molar-refractivity contribution in [3.8, 4) is 0 Å². The Kier molecular flexibility index (Phi) is 5.46. The third-order valence-corrected chi connectivity index (χ3v) is 5.09. The van der Waals surface area contributed by atoms with Crippen LogP contribution in [0.5, 0.6) is 0 Å². The number of fused-ring (bicyclic) bond motifs is 1. The maximum absolute atomic E-state index is 14.2. The Morgan fingerprint density at radius 2 is 2.00 bits per heavy atom. The molecule has 1 fully saturated rings. The van der Waals surface area contributed by atoms with Crippen LogP contribution in [0.2, 0.25) is 0 Å². The van der Waals surface area contributed by atoms with Crippen LogP contribution >= 0.6 is 0 Å². The second-order valence-corrected chi connectivity index (χ2v) is 6.61. The van der Waals surface area contributed by atoms with E-state index in [4.69, 9.17) is 0 Å². The van der Waals surface area contributed by atoms with Gasteiger partial charge in [-0.05, 0) is 37.8 Å². The smallest absolute Gasteiger partial charge is 0.225 e. The molecule has 1 amide bonds. The Hall–Kier alpha value is -2.24. The summed E-state index contributed by atoms with van der Waals surface area (Å²) in [7, 11) is 0. The summed E-state index contributed by atoms with van der Waals surface area (Å²) in [6.45, 7) is 5.60. The fraction of sp³-hybridized carbons (Fsp3) is 0.526. The number of hydrogen-bond acceptors (Lipinski definition) is 4. The molecule has 1 aromatic carbocycles. The molecule has 5 nitrogen and oxygen atoms in total. The lowest BCUT2D eigenvalue weighted by atomic mass is 9.98. The number of carbonyl (C=O) groups excluding carboxylic acids is 1. The highest BCUT2D eigenvalue weighted by atomic mass is 19.1. The quantitative estimate of drug-likeness (QED) is 0.900. The van der Waals surface area contributed by atoms with Crippen molar-refractivity contribution in [1.82, 2.24) is 14.9 Å². The largest absolute Gasteiger partial charge is 0.367 e. The number of hydrogen-bond donors (Lipinski definition) is 1.